The van der Waals surface area contributed by atoms with Gasteiger partial charge in [-0.25, -0.2) is 13.4 Å². The van der Waals surface area contributed by atoms with Gasteiger partial charge in [0, 0.05) is 36.4 Å². The standard InChI is InChI=1S/C28H30N6O6S/c1-18(2)15-22(31-26(36)19-6-8-20(9-7-19)32-14-12-29-17-32)27(37)33-13-10-23-25(33)24(35)16-34(23)41(39,40)28(38)21-5-3-4-11-30-21/h3-9,11-12,14,17-18,22-23,25H,10,13,15-16H2,1-2H3,(H,31,36). The van der Waals surface area contributed by atoms with Crippen LogP contribution in [-0.2, 0) is 19.6 Å². The van der Waals surface area contributed by atoms with Crippen LogP contribution >= 0.6 is 0 Å². The summed E-state index contributed by atoms with van der Waals surface area (Å²) in [5.41, 5.74) is 0.932. The molecule has 0 radical (unpaired) electrons. The summed E-state index contributed by atoms with van der Waals surface area (Å²) in [5.74, 6) is -1.33. The molecule has 0 spiro atoms. The molecule has 1 N–H and O–H groups in total. The Kier molecular flexibility index (Phi) is 7.82. The van der Waals surface area contributed by atoms with E-state index in [0.717, 1.165) is 9.99 Å². The van der Waals surface area contributed by atoms with Crippen LogP contribution in [-0.4, -0.2) is 86.1 Å². The third-order valence-corrected chi connectivity index (χ3v) is 9.02. The normalized spacial score (nSPS) is 19.8. The molecule has 0 aliphatic carbocycles. The van der Waals surface area contributed by atoms with Crippen molar-refractivity contribution in [1.29, 1.82) is 0 Å². The Morgan fingerprint density at radius 1 is 1.07 bits per heavy atom. The monoisotopic (exact) mass is 578 g/mol. The lowest BCUT2D eigenvalue weighted by Crippen LogP contribution is -2.53. The van der Waals surface area contributed by atoms with E-state index in [4.69, 9.17) is 0 Å². The topological polar surface area (TPSA) is 152 Å². The van der Waals surface area contributed by atoms with Crippen molar-refractivity contribution in [2.75, 3.05) is 13.1 Å². The molecule has 5 rings (SSSR count). The van der Waals surface area contributed by atoms with Gasteiger partial charge in [0.25, 0.3) is 15.9 Å². The fraction of sp³-hybridized carbons (Fsp3) is 0.357. The number of benzene rings is 1. The van der Waals surface area contributed by atoms with E-state index in [0.29, 0.717) is 12.0 Å². The van der Waals surface area contributed by atoms with Crippen LogP contribution in [0.3, 0.4) is 0 Å². The molecule has 2 aromatic heterocycles. The van der Waals surface area contributed by atoms with Crippen LogP contribution in [0.4, 0.5) is 0 Å². The second kappa shape index (κ2) is 11.3. The molecule has 214 valence electrons. The third kappa shape index (κ3) is 5.55. The van der Waals surface area contributed by atoms with Gasteiger partial charge >= 0.3 is 5.12 Å². The number of carbonyl (C=O) groups excluding carboxylic acids is 4. The minimum atomic E-state index is -4.54. The summed E-state index contributed by atoms with van der Waals surface area (Å²) in [7, 11) is -4.54. The molecular weight excluding hydrogens is 548 g/mol. The fourth-order valence-electron chi connectivity index (χ4n) is 5.39. The number of nitrogens with one attached hydrogen (secondary N) is 1. The predicted molar refractivity (Wildman–Crippen MR) is 147 cm³/mol. The Bertz CT molecular complexity index is 1560. The Labute approximate surface area is 237 Å². The molecule has 2 fully saturated rings. The summed E-state index contributed by atoms with van der Waals surface area (Å²) in [6.07, 6.45) is 6.89. The van der Waals surface area contributed by atoms with Crippen LogP contribution in [0.2, 0.25) is 0 Å². The zero-order valence-electron chi connectivity index (χ0n) is 22.6. The molecule has 2 amide bonds. The van der Waals surface area contributed by atoms with Crippen LogP contribution in [0.15, 0.2) is 67.4 Å². The lowest BCUT2D eigenvalue weighted by Gasteiger charge is -2.29. The lowest BCUT2D eigenvalue weighted by molar-refractivity contribution is -0.138. The minimum absolute atomic E-state index is 0.0402. The predicted octanol–water partition coefficient (Wildman–Crippen LogP) is 1.44. The number of hydrogen-bond donors (Lipinski definition) is 1. The second-order valence-electron chi connectivity index (χ2n) is 10.5. The largest absolute Gasteiger partial charge is 0.340 e. The number of pyridine rings is 1. The highest BCUT2D eigenvalue weighted by molar-refractivity contribution is 8.04. The highest BCUT2D eigenvalue weighted by Crippen LogP contribution is 2.33. The van der Waals surface area contributed by atoms with E-state index in [2.05, 4.69) is 15.3 Å². The molecule has 2 aliphatic heterocycles. The Balaban J connectivity index is 1.32. The number of Topliss-reactive ketones (excluding diaryl/α,β-unsaturated/α-hetero) is 1. The van der Waals surface area contributed by atoms with Crippen LogP contribution in [0.5, 0.6) is 0 Å². The number of aromatic nitrogens is 3. The zero-order valence-corrected chi connectivity index (χ0v) is 23.4. The van der Waals surface area contributed by atoms with E-state index in [-0.39, 0.29) is 24.6 Å². The molecule has 4 heterocycles. The van der Waals surface area contributed by atoms with E-state index in [1.807, 2.05) is 13.8 Å². The van der Waals surface area contributed by atoms with Gasteiger partial charge in [-0.05, 0) is 55.2 Å². The van der Waals surface area contributed by atoms with Gasteiger partial charge in [0.1, 0.15) is 17.8 Å². The van der Waals surface area contributed by atoms with Crippen molar-refractivity contribution in [2.45, 2.75) is 44.8 Å². The minimum Gasteiger partial charge on any atom is -0.340 e. The van der Waals surface area contributed by atoms with Gasteiger partial charge in [0.05, 0.1) is 18.9 Å². The zero-order chi connectivity index (χ0) is 29.3. The molecular formula is C28H30N6O6S. The first-order valence-electron chi connectivity index (χ1n) is 13.3. The third-order valence-electron chi connectivity index (χ3n) is 7.32. The molecule has 2 saturated heterocycles. The number of rotatable bonds is 8. The van der Waals surface area contributed by atoms with Crippen molar-refractivity contribution in [2.24, 2.45) is 5.92 Å². The summed E-state index contributed by atoms with van der Waals surface area (Å²) in [4.78, 5) is 62.0. The molecule has 12 nitrogen and oxygen atoms in total. The number of imidazole rings is 1. The molecule has 3 atom stereocenters. The maximum atomic E-state index is 13.8. The molecule has 3 unspecified atom stereocenters. The Morgan fingerprint density at radius 2 is 1.83 bits per heavy atom. The van der Waals surface area contributed by atoms with Crippen LogP contribution in [0.25, 0.3) is 5.69 Å². The number of fused-ring (bicyclic) bond motifs is 1. The fourth-order valence-corrected chi connectivity index (χ4v) is 6.87. The summed E-state index contributed by atoms with van der Waals surface area (Å²) >= 11 is 0. The number of sulfonamides is 1. The van der Waals surface area contributed by atoms with E-state index in [9.17, 15) is 27.6 Å². The smallest absolute Gasteiger partial charge is 0.310 e. The number of hydrogen-bond acceptors (Lipinski definition) is 8. The van der Waals surface area contributed by atoms with E-state index in [1.54, 1.807) is 53.6 Å². The highest BCUT2D eigenvalue weighted by atomic mass is 32.2. The first-order valence-corrected chi connectivity index (χ1v) is 14.7. The summed E-state index contributed by atoms with van der Waals surface area (Å²) in [6, 6.07) is 8.35. The summed E-state index contributed by atoms with van der Waals surface area (Å²) in [6.45, 7) is 3.44. The molecule has 13 heteroatoms. The average Bonchev–Trinajstić information content (AvgIpc) is 3.71. The number of amides is 2. The molecule has 3 aromatic rings. The maximum Gasteiger partial charge on any atom is 0.310 e. The van der Waals surface area contributed by atoms with Crippen molar-refractivity contribution in [3.8, 4) is 5.69 Å². The maximum absolute atomic E-state index is 13.8. The van der Waals surface area contributed by atoms with E-state index >= 15 is 0 Å². The SMILES string of the molecule is CC(C)CC(NC(=O)c1ccc(-n2ccnc2)cc1)C(=O)N1CCC2C1C(=O)CN2S(=O)(=O)C(=O)c1ccccn1. The van der Waals surface area contributed by atoms with Crippen molar-refractivity contribution in [1.82, 2.24) is 29.1 Å². The molecule has 41 heavy (non-hydrogen) atoms. The first-order chi connectivity index (χ1) is 19.6. The van der Waals surface area contributed by atoms with E-state index in [1.165, 1.54) is 23.2 Å². The molecule has 1 aromatic carbocycles. The van der Waals surface area contributed by atoms with Gasteiger partial charge in [0.2, 0.25) is 5.91 Å². The number of likely N-dealkylation sites (tertiary alicyclic amines) is 1. The average molecular weight is 579 g/mol. The van der Waals surface area contributed by atoms with Gasteiger partial charge in [-0.2, -0.15) is 4.31 Å². The van der Waals surface area contributed by atoms with Gasteiger partial charge in [-0.15, -0.1) is 0 Å². The van der Waals surface area contributed by atoms with Crippen molar-refractivity contribution in [3.63, 3.8) is 0 Å². The summed E-state index contributed by atoms with van der Waals surface area (Å²) < 4.78 is 29.1. The highest BCUT2D eigenvalue weighted by Gasteiger charge is 2.55. The summed E-state index contributed by atoms with van der Waals surface area (Å²) in [5, 5.41) is 1.62. The Hall–Kier alpha value is -4.23. The van der Waals surface area contributed by atoms with Gasteiger partial charge in [0.15, 0.2) is 5.78 Å². The molecule has 2 aliphatic rings. The van der Waals surface area contributed by atoms with Crippen molar-refractivity contribution in [3.05, 3.63) is 78.6 Å². The quantitative estimate of drug-likeness (QED) is 0.422. The van der Waals surface area contributed by atoms with Gasteiger partial charge in [-0.3, -0.25) is 24.2 Å². The number of carbonyl (C=O) groups is 4. The van der Waals surface area contributed by atoms with Crippen molar-refractivity contribution < 1.29 is 27.6 Å². The van der Waals surface area contributed by atoms with Crippen LogP contribution < -0.4 is 5.32 Å². The lowest BCUT2D eigenvalue weighted by atomic mass is 10.0. The van der Waals surface area contributed by atoms with E-state index < -0.39 is 57.4 Å². The molecule has 0 bridgehead atoms. The Morgan fingerprint density at radius 3 is 2.46 bits per heavy atom. The second-order valence-corrected chi connectivity index (χ2v) is 12.3. The number of nitrogens with zero attached hydrogens (tertiary/aromatic N) is 5. The molecule has 0 saturated carbocycles. The number of ketones is 1. The van der Waals surface area contributed by atoms with Crippen LogP contribution in [0, 0.1) is 5.92 Å². The van der Waals surface area contributed by atoms with Gasteiger partial charge < -0.3 is 14.8 Å². The first kappa shape index (κ1) is 28.3. The van der Waals surface area contributed by atoms with Gasteiger partial charge in [-0.1, -0.05) is 19.9 Å². The van der Waals surface area contributed by atoms with Crippen LogP contribution in [0.1, 0.15) is 47.5 Å². The van der Waals surface area contributed by atoms with Crippen molar-refractivity contribution >= 4 is 32.7 Å².